The second kappa shape index (κ2) is 4.82. The number of oxazole rings is 1. The third kappa shape index (κ3) is 2.24. The van der Waals surface area contributed by atoms with Gasteiger partial charge in [-0.3, -0.25) is 0 Å². The number of methoxy groups -OCH3 is 1. The van der Waals surface area contributed by atoms with E-state index in [9.17, 15) is 0 Å². The molecule has 0 atom stereocenters. The molecule has 3 rings (SSSR count). The van der Waals surface area contributed by atoms with E-state index in [2.05, 4.69) is 10.3 Å². The number of nitrogens with zero attached hydrogens (tertiary/aromatic N) is 1. The fraction of sp³-hybridized carbons (Fsp3) is 0.357. The molecule has 0 saturated carbocycles. The summed E-state index contributed by atoms with van der Waals surface area (Å²) in [5.74, 6) is 2.35. The molecule has 1 aliphatic rings. The van der Waals surface area contributed by atoms with Gasteiger partial charge in [0.05, 0.1) is 7.11 Å². The molecule has 0 aliphatic carbocycles. The summed E-state index contributed by atoms with van der Waals surface area (Å²) in [4.78, 5) is 4.52. The van der Waals surface area contributed by atoms with Gasteiger partial charge in [-0.2, -0.15) is 0 Å². The van der Waals surface area contributed by atoms with Gasteiger partial charge in [-0.1, -0.05) is 0 Å². The predicted molar refractivity (Wildman–Crippen MR) is 68.6 cm³/mol. The summed E-state index contributed by atoms with van der Waals surface area (Å²) in [7, 11) is 1.66. The van der Waals surface area contributed by atoms with Gasteiger partial charge in [-0.15, -0.1) is 0 Å². The number of hydrogen-bond donors (Lipinski definition) is 1. The molecule has 18 heavy (non-hydrogen) atoms. The summed E-state index contributed by atoms with van der Waals surface area (Å²) < 4.78 is 10.6. The van der Waals surface area contributed by atoms with Crippen molar-refractivity contribution in [1.29, 1.82) is 0 Å². The first kappa shape index (κ1) is 11.3. The zero-order valence-electron chi connectivity index (χ0n) is 10.3. The molecule has 1 aliphatic heterocycles. The first-order chi connectivity index (χ1) is 8.85. The third-order valence-electron chi connectivity index (χ3n) is 3.27. The van der Waals surface area contributed by atoms with E-state index >= 15 is 0 Å². The van der Waals surface area contributed by atoms with Crippen molar-refractivity contribution in [3.63, 3.8) is 0 Å². The van der Waals surface area contributed by atoms with Crippen molar-refractivity contribution < 1.29 is 9.15 Å². The van der Waals surface area contributed by atoms with Crippen molar-refractivity contribution in [3.8, 4) is 17.0 Å². The van der Waals surface area contributed by atoms with Gasteiger partial charge in [0.2, 0.25) is 0 Å². The number of rotatable bonds is 4. The molecule has 2 aromatic rings. The Morgan fingerprint density at radius 1 is 1.33 bits per heavy atom. The van der Waals surface area contributed by atoms with Crippen LogP contribution in [0.15, 0.2) is 34.9 Å². The highest BCUT2D eigenvalue weighted by Crippen LogP contribution is 2.23. The Morgan fingerprint density at radius 2 is 2.11 bits per heavy atom. The summed E-state index contributed by atoms with van der Waals surface area (Å²) in [6.07, 6.45) is 2.65. The van der Waals surface area contributed by atoms with E-state index in [1.54, 1.807) is 13.4 Å². The minimum absolute atomic E-state index is 0.673. The first-order valence-electron chi connectivity index (χ1n) is 6.14. The normalized spacial score (nSPS) is 15.4. The Bertz CT molecular complexity index is 515. The number of benzene rings is 1. The van der Waals surface area contributed by atoms with E-state index in [1.165, 1.54) is 0 Å². The van der Waals surface area contributed by atoms with Crippen LogP contribution in [0.5, 0.6) is 5.75 Å². The van der Waals surface area contributed by atoms with E-state index in [0.29, 0.717) is 5.92 Å². The van der Waals surface area contributed by atoms with E-state index < -0.39 is 0 Å². The largest absolute Gasteiger partial charge is 0.497 e. The van der Waals surface area contributed by atoms with Crippen molar-refractivity contribution in [2.75, 3.05) is 20.2 Å². The van der Waals surface area contributed by atoms with Crippen molar-refractivity contribution in [3.05, 3.63) is 36.4 Å². The van der Waals surface area contributed by atoms with Gasteiger partial charge in [0.25, 0.3) is 0 Å². The summed E-state index contributed by atoms with van der Waals surface area (Å²) in [5, 5.41) is 3.25. The van der Waals surface area contributed by atoms with Crippen LogP contribution in [0.3, 0.4) is 0 Å². The maximum Gasteiger partial charge on any atom is 0.194 e. The Labute approximate surface area is 106 Å². The molecule has 1 saturated heterocycles. The molecule has 0 unspecified atom stereocenters. The van der Waals surface area contributed by atoms with Gasteiger partial charge >= 0.3 is 0 Å². The maximum absolute atomic E-state index is 5.51. The molecular formula is C14H16N2O2. The van der Waals surface area contributed by atoms with Crippen LogP contribution >= 0.6 is 0 Å². The zero-order chi connectivity index (χ0) is 12.4. The molecule has 0 bridgehead atoms. The van der Waals surface area contributed by atoms with E-state index in [-0.39, 0.29) is 0 Å². The minimum atomic E-state index is 0.673. The summed E-state index contributed by atoms with van der Waals surface area (Å²) in [6.45, 7) is 2.14. The lowest BCUT2D eigenvalue weighted by atomic mass is 10.00. The molecule has 1 N–H and O–H groups in total. The van der Waals surface area contributed by atoms with Gasteiger partial charge in [0.1, 0.15) is 17.7 Å². The van der Waals surface area contributed by atoms with Gasteiger partial charge in [0.15, 0.2) is 5.89 Å². The maximum atomic E-state index is 5.51. The van der Waals surface area contributed by atoms with Crippen LogP contribution in [0.2, 0.25) is 0 Å². The molecule has 1 aromatic heterocycles. The second-order valence-corrected chi connectivity index (χ2v) is 4.58. The van der Waals surface area contributed by atoms with E-state index in [4.69, 9.17) is 9.15 Å². The molecular weight excluding hydrogens is 228 g/mol. The van der Waals surface area contributed by atoms with Crippen LogP contribution in [0.4, 0.5) is 0 Å². The smallest absolute Gasteiger partial charge is 0.194 e. The standard InChI is InChI=1S/C14H16N2O2/c1-17-12-4-2-11(3-5-12)13-9-18-14(16-13)6-10-7-15-8-10/h2-5,9-10,15H,6-8H2,1H3. The van der Waals surface area contributed by atoms with Crippen molar-refractivity contribution in [1.82, 2.24) is 10.3 Å². The van der Waals surface area contributed by atoms with Crippen LogP contribution in [0.1, 0.15) is 5.89 Å². The van der Waals surface area contributed by atoms with Crippen LogP contribution in [0, 0.1) is 5.92 Å². The average molecular weight is 244 g/mol. The molecule has 1 fully saturated rings. The van der Waals surface area contributed by atoms with E-state index in [0.717, 1.165) is 42.4 Å². The lowest BCUT2D eigenvalue weighted by Crippen LogP contribution is -2.43. The number of nitrogens with one attached hydrogen (secondary N) is 1. The Hall–Kier alpha value is -1.81. The Balaban J connectivity index is 1.74. The summed E-state index contributed by atoms with van der Waals surface area (Å²) in [6, 6.07) is 7.84. The van der Waals surface area contributed by atoms with Gasteiger partial charge in [-0.25, -0.2) is 4.98 Å². The number of hydrogen-bond acceptors (Lipinski definition) is 4. The predicted octanol–water partition coefficient (Wildman–Crippen LogP) is 2.11. The molecule has 4 heteroatoms. The number of aromatic nitrogens is 1. The third-order valence-corrected chi connectivity index (χ3v) is 3.27. The molecule has 0 amide bonds. The van der Waals surface area contributed by atoms with Gasteiger partial charge < -0.3 is 14.5 Å². The lowest BCUT2D eigenvalue weighted by molar-refractivity contribution is 0.318. The highest BCUT2D eigenvalue weighted by Gasteiger charge is 2.19. The molecule has 0 radical (unpaired) electrons. The van der Waals surface area contributed by atoms with Gasteiger partial charge in [-0.05, 0) is 43.3 Å². The highest BCUT2D eigenvalue weighted by molar-refractivity contribution is 5.58. The summed E-state index contributed by atoms with van der Waals surface area (Å²) >= 11 is 0. The first-order valence-corrected chi connectivity index (χ1v) is 6.14. The highest BCUT2D eigenvalue weighted by atomic mass is 16.5. The fourth-order valence-corrected chi connectivity index (χ4v) is 2.04. The van der Waals surface area contributed by atoms with Crippen LogP contribution < -0.4 is 10.1 Å². The van der Waals surface area contributed by atoms with Crippen molar-refractivity contribution >= 4 is 0 Å². The van der Waals surface area contributed by atoms with Gasteiger partial charge in [0, 0.05) is 12.0 Å². The summed E-state index contributed by atoms with van der Waals surface area (Å²) in [5.41, 5.74) is 1.94. The van der Waals surface area contributed by atoms with Crippen molar-refractivity contribution in [2.45, 2.75) is 6.42 Å². The molecule has 4 nitrogen and oxygen atoms in total. The quantitative estimate of drug-likeness (QED) is 0.894. The molecule has 2 heterocycles. The SMILES string of the molecule is COc1ccc(-c2coc(CC3CNC3)n2)cc1. The lowest BCUT2D eigenvalue weighted by Gasteiger charge is -2.25. The average Bonchev–Trinajstić information content (AvgIpc) is 2.83. The topological polar surface area (TPSA) is 47.3 Å². The monoisotopic (exact) mass is 244 g/mol. The number of ether oxygens (including phenoxy) is 1. The second-order valence-electron chi connectivity index (χ2n) is 4.58. The zero-order valence-corrected chi connectivity index (χ0v) is 10.3. The molecule has 0 spiro atoms. The van der Waals surface area contributed by atoms with Crippen molar-refractivity contribution in [2.24, 2.45) is 5.92 Å². The Kier molecular flexibility index (Phi) is 3.02. The van der Waals surface area contributed by atoms with Crippen LogP contribution in [-0.4, -0.2) is 25.2 Å². The van der Waals surface area contributed by atoms with Crippen LogP contribution in [0.25, 0.3) is 11.3 Å². The molecule has 1 aromatic carbocycles. The van der Waals surface area contributed by atoms with E-state index in [1.807, 2.05) is 24.3 Å². The minimum Gasteiger partial charge on any atom is -0.497 e. The Morgan fingerprint density at radius 3 is 2.72 bits per heavy atom. The van der Waals surface area contributed by atoms with Crippen LogP contribution in [-0.2, 0) is 6.42 Å². The molecule has 94 valence electrons. The fourth-order valence-electron chi connectivity index (χ4n) is 2.04.